The SMILES string of the molecule is CC(N=C=O)c1cc2n3c(C(=O)N(C)C)c(C(=O)N(C)C)nc3n3c(C(=O)N(C)C)c(C(=O)N(C)C)nc3n2c1C(C)N=C=O. The zero-order chi connectivity index (χ0) is 33.7. The smallest absolute Gasteiger partial charge is 0.274 e. The summed E-state index contributed by atoms with van der Waals surface area (Å²) >= 11 is 0. The third-order valence-electron chi connectivity index (χ3n) is 7.17. The van der Waals surface area contributed by atoms with Crippen molar-refractivity contribution >= 4 is 53.0 Å². The Morgan fingerprint density at radius 2 is 1.04 bits per heavy atom. The first-order valence-corrected chi connectivity index (χ1v) is 13.6. The second kappa shape index (κ2) is 11.8. The predicted molar refractivity (Wildman–Crippen MR) is 160 cm³/mol. The van der Waals surface area contributed by atoms with Crippen LogP contribution in [0.3, 0.4) is 0 Å². The number of aliphatic imine (C=N–C) groups is 2. The molecule has 4 aromatic heterocycles. The molecule has 17 heteroatoms. The zero-order valence-corrected chi connectivity index (χ0v) is 26.6. The lowest BCUT2D eigenvalue weighted by molar-refractivity contribution is 0.0783. The fourth-order valence-electron chi connectivity index (χ4n) is 5.02. The van der Waals surface area contributed by atoms with Gasteiger partial charge in [0.25, 0.3) is 23.6 Å². The van der Waals surface area contributed by atoms with Gasteiger partial charge in [-0.05, 0) is 19.9 Å². The average Bonchev–Trinajstić information content (AvgIpc) is 3.67. The van der Waals surface area contributed by atoms with Crippen LogP contribution in [0.25, 0.3) is 17.2 Å². The van der Waals surface area contributed by atoms with Crippen LogP contribution in [0.1, 0.15) is 79.1 Å². The number of carbonyl (C=O) groups excluding carboxylic acids is 6. The molecule has 4 aromatic rings. The van der Waals surface area contributed by atoms with Crippen LogP contribution >= 0.6 is 0 Å². The van der Waals surface area contributed by atoms with Gasteiger partial charge in [0.15, 0.2) is 11.4 Å². The summed E-state index contributed by atoms with van der Waals surface area (Å²) in [4.78, 5) is 99.5. The third kappa shape index (κ3) is 5.03. The summed E-state index contributed by atoms with van der Waals surface area (Å²) in [6.07, 6.45) is 3.07. The number of aromatic nitrogens is 5. The molecule has 0 aliphatic rings. The van der Waals surface area contributed by atoms with E-state index in [0.717, 1.165) is 0 Å². The van der Waals surface area contributed by atoms with Gasteiger partial charge in [-0.3, -0.25) is 28.0 Å². The highest BCUT2D eigenvalue weighted by molar-refractivity contribution is 6.08. The molecule has 4 heterocycles. The number of fused-ring (bicyclic) bond motifs is 6. The van der Waals surface area contributed by atoms with Crippen molar-refractivity contribution in [1.29, 1.82) is 0 Å². The Kier molecular flexibility index (Phi) is 8.45. The van der Waals surface area contributed by atoms with Crippen LogP contribution in [0.2, 0.25) is 0 Å². The molecule has 0 fully saturated rings. The van der Waals surface area contributed by atoms with Crippen LogP contribution in [0.5, 0.6) is 0 Å². The van der Waals surface area contributed by atoms with Gasteiger partial charge in [0.1, 0.15) is 23.1 Å². The largest absolute Gasteiger partial charge is 0.343 e. The van der Waals surface area contributed by atoms with E-state index in [9.17, 15) is 28.8 Å². The van der Waals surface area contributed by atoms with Gasteiger partial charge in [-0.15, -0.1) is 0 Å². The lowest BCUT2D eigenvalue weighted by Gasteiger charge is -2.16. The van der Waals surface area contributed by atoms with E-state index in [2.05, 4.69) is 20.0 Å². The molecule has 0 aliphatic carbocycles. The van der Waals surface area contributed by atoms with E-state index in [1.165, 1.54) is 101 Å². The van der Waals surface area contributed by atoms with Crippen molar-refractivity contribution in [3.8, 4) is 0 Å². The quantitative estimate of drug-likeness (QED) is 0.206. The molecule has 45 heavy (non-hydrogen) atoms. The minimum absolute atomic E-state index is 0.0120. The minimum atomic E-state index is -0.914. The van der Waals surface area contributed by atoms with Gasteiger partial charge in [-0.2, -0.15) is 9.98 Å². The van der Waals surface area contributed by atoms with Crippen LogP contribution in [0.15, 0.2) is 16.1 Å². The molecule has 17 nitrogen and oxygen atoms in total. The van der Waals surface area contributed by atoms with E-state index in [0.29, 0.717) is 11.3 Å². The second-order valence-corrected chi connectivity index (χ2v) is 11.2. The van der Waals surface area contributed by atoms with E-state index in [1.807, 2.05) is 0 Å². The number of amides is 4. The number of carbonyl (C=O) groups is 4. The topological polar surface area (TPSA) is 179 Å². The lowest BCUT2D eigenvalue weighted by atomic mass is 10.1. The molecular weight excluding hydrogens is 586 g/mol. The Hall–Kier alpha value is -5.66. The molecule has 4 rings (SSSR count). The van der Waals surface area contributed by atoms with Gasteiger partial charge in [0, 0.05) is 61.9 Å². The molecular formula is C28H33N11O6. The van der Waals surface area contributed by atoms with Crippen LogP contribution < -0.4 is 0 Å². The Morgan fingerprint density at radius 1 is 0.644 bits per heavy atom. The van der Waals surface area contributed by atoms with Crippen molar-refractivity contribution < 1.29 is 28.8 Å². The van der Waals surface area contributed by atoms with Crippen molar-refractivity contribution in [2.75, 3.05) is 56.4 Å². The van der Waals surface area contributed by atoms with E-state index in [-0.39, 0.29) is 40.0 Å². The first kappa shape index (κ1) is 32.3. The Morgan fingerprint density at radius 3 is 1.47 bits per heavy atom. The Bertz CT molecular complexity index is 2000. The van der Waals surface area contributed by atoms with Gasteiger partial charge in [-0.1, -0.05) is 0 Å². The highest BCUT2D eigenvalue weighted by Crippen LogP contribution is 2.35. The summed E-state index contributed by atoms with van der Waals surface area (Å²) in [5, 5.41) is 0. The maximum Gasteiger partial charge on any atom is 0.274 e. The minimum Gasteiger partial charge on any atom is -0.343 e. The maximum atomic E-state index is 13.8. The molecule has 2 atom stereocenters. The van der Waals surface area contributed by atoms with E-state index in [1.54, 1.807) is 19.9 Å². The monoisotopic (exact) mass is 619 g/mol. The van der Waals surface area contributed by atoms with Crippen LogP contribution in [0, 0.1) is 0 Å². The average molecular weight is 620 g/mol. The van der Waals surface area contributed by atoms with Crippen LogP contribution in [-0.4, -0.2) is 135 Å². The fourth-order valence-corrected chi connectivity index (χ4v) is 5.02. The fraction of sp³-hybridized carbons (Fsp3) is 0.429. The molecule has 0 radical (unpaired) electrons. The van der Waals surface area contributed by atoms with Crippen molar-refractivity contribution in [2.45, 2.75) is 25.9 Å². The summed E-state index contributed by atoms with van der Waals surface area (Å²) < 4.78 is 4.18. The molecule has 0 saturated carbocycles. The zero-order valence-electron chi connectivity index (χ0n) is 26.6. The standard InChI is InChI=1S/C28H33N11O6/c1-14(29-12-40)16-11-17-37(20(16)15(2)30-13-41)27-32-19(24(43)34(5)6)22(26(45)36(9)10)39(27)28-31-18(23(42)33(3)4)21(38(17)28)25(44)35(7)8/h11,14-15H,1-10H3. The van der Waals surface area contributed by atoms with Gasteiger partial charge in [0.2, 0.25) is 23.7 Å². The molecule has 0 N–H and O–H groups in total. The molecule has 2 unspecified atom stereocenters. The Balaban J connectivity index is 2.51. The summed E-state index contributed by atoms with van der Waals surface area (Å²) in [7, 11) is 12.0. The molecule has 0 aliphatic heterocycles. The molecule has 0 saturated heterocycles. The van der Waals surface area contributed by atoms with Gasteiger partial charge in [-0.25, -0.2) is 24.0 Å². The summed E-state index contributed by atoms with van der Waals surface area (Å²) in [5.41, 5.74) is 0.0902. The molecule has 0 aromatic carbocycles. The maximum absolute atomic E-state index is 13.8. The summed E-state index contributed by atoms with van der Waals surface area (Å²) in [5.74, 6) is -2.52. The van der Waals surface area contributed by atoms with Gasteiger partial charge >= 0.3 is 0 Å². The van der Waals surface area contributed by atoms with Crippen molar-refractivity contribution in [1.82, 2.24) is 42.8 Å². The number of imidazole rings is 2. The van der Waals surface area contributed by atoms with Crippen LogP contribution in [-0.2, 0) is 9.59 Å². The van der Waals surface area contributed by atoms with Gasteiger partial charge in [0.05, 0.1) is 11.7 Å². The number of hydrogen-bond acceptors (Lipinski definition) is 10. The van der Waals surface area contributed by atoms with Crippen LogP contribution in [0.4, 0.5) is 0 Å². The number of hydrogen-bond donors (Lipinski definition) is 0. The lowest BCUT2D eigenvalue weighted by Crippen LogP contribution is -2.29. The van der Waals surface area contributed by atoms with Crippen molar-refractivity contribution in [3.63, 3.8) is 0 Å². The number of nitrogens with zero attached hydrogens (tertiary/aromatic N) is 11. The van der Waals surface area contributed by atoms with E-state index < -0.39 is 35.7 Å². The van der Waals surface area contributed by atoms with E-state index >= 15 is 0 Å². The van der Waals surface area contributed by atoms with E-state index in [4.69, 9.17) is 0 Å². The molecule has 236 valence electrons. The van der Waals surface area contributed by atoms with Crippen molar-refractivity contribution in [2.24, 2.45) is 9.98 Å². The highest BCUT2D eigenvalue weighted by atomic mass is 16.2. The molecule has 0 spiro atoms. The number of rotatable bonds is 8. The first-order chi connectivity index (χ1) is 21.1. The summed E-state index contributed by atoms with van der Waals surface area (Å²) in [6, 6.07) is -0.141. The van der Waals surface area contributed by atoms with Crippen molar-refractivity contribution in [3.05, 3.63) is 40.1 Å². The molecule has 0 bridgehead atoms. The summed E-state index contributed by atoms with van der Waals surface area (Å²) in [6.45, 7) is 3.21. The molecule has 4 amide bonds. The Labute approximate surface area is 257 Å². The third-order valence-corrected chi connectivity index (χ3v) is 7.17. The first-order valence-electron chi connectivity index (χ1n) is 13.6. The predicted octanol–water partition coefficient (Wildman–Crippen LogP) is 0.836. The highest BCUT2D eigenvalue weighted by Gasteiger charge is 2.36. The normalized spacial score (nSPS) is 12.4. The van der Waals surface area contributed by atoms with Gasteiger partial charge < -0.3 is 19.6 Å². The number of isocyanates is 2. The second-order valence-electron chi connectivity index (χ2n) is 11.2.